The molecule has 2 aliphatic rings. The zero-order valence-corrected chi connectivity index (χ0v) is 27.7. The molecule has 7 atom stereocenters. The lowest BCUT2D eigenvalue weighted by Gasteiger charge is -2.34. The van der Waals surface area contributed by atoms with Crippen LogP contribution >= 0.6 is 11.3 Å². The number of aryl methyl sites for hydroxylation is 2. The second-order valence-electron chi connectivity index (χ2n) is 13.1. The fraction of sp³-hybridized carbons (Fsp3) is 0.600. The molecular formula is C35H48N2O6S. The molecule has 0 radical (unpaired) electrons. The minimum absolute atomic E-state index is 0.124. The number of aliphatic hydroxyl groups is 2. The van der Waals surface area contributed by atoms with Gasteiger partial charge in [0.2, 0.25) is 0 Å². The number of hydrogen-bond donors (Lipinski definition) is 2. The number of aromatic nitrogens is 1. The van der Waals surface area contributed by atoms with Gasteiger partial charge in [0.1, 0.15) is 18.0 Å². The highest BCUT2D eigenvalue weighted by molar-refractivity contribution is 7.09. The molecule has 44 heavy (non-hydrogen) atoms. The Hall–Kier alpha value is -2.88. The number of aliphatic hydroxyl groups excluding tert-OH is 2. The highest BCUT2D eigenvalue weighted by Gasteiger charge is 2.43. The van der Waals surface area contributed by atoms with Gasteiger partial charge in [0, 0.05) is 24.1 Å². The lowest BCUT2D eigenvalue weighted by atomic mass is 9.73. The lowest BCUT2D eigenvalue weighted by molar-refractivity contribution is -0.155. The second kappa shape index (κ2) is 14.9. The summed E-state index contributed by atoms with van der Waals surface area (Å²) < 4.78 is 12.5. The molecule has 240 valence electrons. The molecule has 3 heterocycles. The summed E-state index contributed by atoms with van der Waals surface area (Å²) in [5.74, 6) is -0.982. The number of ether oxygens (including phenoxy) is 2. The fourth-order valence-corrected chi connectivity index (χ4v) is 6.75. The summed E-state index contributed by atoms with van der Waals surface area (Å²) >= 11 is 1.55. The number of nitrogens with zero attached hydrogens (tertiary/aromatic N) is 2. The standard InChI is InChI=1S/C35H48N2O6S/c1-21-11-10-14-27-29(42-31(37-27)16-15-25-12-8-7-9-13-25)18-28(22(2)17-26-20-44-24(4)36-26)43-32(39)19-30(38)35(5,6)34(41)23(3)33(21)40/h7-9,12-13,17,20-21,23,27-30,33,38,40H,10-11,14-16,18-19H2,1-6H3/b22-17+/t21-,23+,27?,28-,29-,30-,33-/m0/s1. The number of carbonyl (C=O) groups excluding carboxylic acids is 2. The van der Waals surface area contributed by atoms with Crippen molar-refractivity contribution in [2.75, 3.05) is 0 Å². The molecule has 0 bridgehead atoms. The Kier molecular flexibility index (Phi) is 11.5. The average molecular weight is 625 g/mol. The molecule has 8 nitrogen and oxygen atoms in total. The average Bonchev–Trinajstić information content (AvgIpc) is 3.58. The zero-order chi connectivity index (χ0) is 32.0. The van der Waals surface area contributed by atoms with Gasteiger partial charge in [-0.05, 0) is 56.2 Å². The second-order valence-corrected chi connectivity index (χ2v) is 14.2. The maximum Gasteiger partial charge on any atom is 0.309 e. The lowest BCUT2D eigenvalue weighted by Crippen LogP contribution is -2.46. The molecule has 1 saturated heterocycles. The summed E-state index contributed by atoms with van der Waals surface area (Å²) in [6, 6.07) is 10.1. The first-order valence-corrected chi connectivity index (χ1v) is 16.7. The summed E-state index contributed by atoms with van der Waals surface area (Å²) in [6.07, 6.45) is 2.67. The van der Waals surface area contributed by atoms with Crippen molar-refractivity contribution in [1.29, 1.82) is 0 Å². The fourth-order valence-electron chi connectivity index (χ4n) is 6.18. The van der Waals surface area contributed by atoms with E-state index >= 15 is 0 Å². The van der Waals surface area contributed by atoms with Gasteiger partial charge in [-0.3, -0.25) is 9.59 Å². The van der Waals surface area contributed by atoms with E-state index in [1.165, 1.54) is 5.56 Å². The minimum Gasteiger partial charge on any atom is -0.475 e. The van der Waals surface area contributed by atoms with Gasteiger partial charge in [-0.2, -0.15) is 0 Å². The summed E-state index contributed by atoms with van der Waals surface area (Å²) in [5.41, 5.74) is 1.59. The predicted octanol–water partition coefficient (Wildman–Crippen LogP) is 6.12. The van der Waals surface area contributed by atoms with Gasteiger partial charge in [-0.25, -0.2) is 9.98 Å². The number of esters is 1. The third-order valence-electron chi connectivity index (χ3n) is 9.23. The number of cyclic esters (lactones) is 1. The maximum absolute atomic E-state index is 13.4. The van der Waals surface area contributed by atoms with E-state index in [0.717, 1.165) is 42.0 Å². The molecule has 2 N–H and O–H groups in total. The van der Waals surface area contributed by atoms with Crippen LogP contribution in [0.4, 0.5) is 0 Å². The van der Waals surface area contributed by atoms with Crippen LogP contribution in [0.1, 0.15) is 89.4 Å². The van der Waals surface area contributed by atoms with E-state index in [1.54, 1.807) is 32.1 Å². The Morgan fingerprint density at radius 1 is 1.09 bits per heavy atom. The Bertz CT molecular complexity index is 1340. The van der Waals surface area contributed by atoms with Crippen molar-refractivity contribution in [3.05, 3.63) is 57.6 Å². The SMILES string of the molecule is C/C(=C\c1csc(C)n1)[C@@H]1C[C@@H]2OC(CCc3ccccc3)=NC2CCC[C@H](C)[C@H](O)[C@@H](C)C(=O)C(C)(C)[C@@H](O)CC(=O)O1. The molecule has 1 fully saturated rings. The number of fused-ring (bicyclic) bond motifs is 1. The van der Waals surface area contributed by atoms with Crippen molar-refractivity contribution in [3.8, 4) is 0 Å². The summed E-state index contributed by atoms with van der Waals surface area (Å²) in [7, 11) is 0. The van der Waals surface area contributed by atoms with Crippen LogP contribution in [0.5, 0.6) is 0 Å². The number of hydrogen-bond acceptors (Lipinski definition) is 9. The zero-order valence-electron chi connectivity index (χ0n) is 26.9. The molecule has 0 spiro atoms. The molecule has 0 aliphatic carbocycles. The van der Waals surface area contributed by atoms with Gasteiger partial charge in [0.15, 0.2) is 5.90 Å². The van der Waals surface area contributed by atoms with Crippen LogP contribution in [0.2, 0.25) is 0 Å². The third kappa shape index (κ3) is 8.64. The Balaban J connectivity index is 1.61. The molecule has 2 aliphatic heterocycles. The highest BCUT2D eigenvalue weighted by Crippen LogP contribution is 2.34. The summed E-state index contributed by atoms with van der Waals surface area (Å²) in [5, 5.41) is 25.1. The van der Waals surface area contributed by atoms with Gasteiger partial charge in [-0.1, -0.05) is 64.4 Å². The third-order valence-corrected chi connectivity index (χ3v) is 10.0. The van der Waals surface area contributed by atoms with Crippen molar-refractivity contribution in [3.63, 3.8) is 0 Å². The van der Waals surface area contributed by atoms with Gasteiger partial charge in [0.05, 0.1) is 40.8 Å². The minimum atomic E-state index is -1.27. The van der Waals surface area contributed by atoms with Crippen LogP contribution in [-0.4, -0.2) is 63.3 Å². The largest absolute Gasteiger partial charge is 0.475 e. The number of benzene rings is 1. The number of aliphatic imine (C=N–C) groups is 1. The Morgan fingerprint density at radius 2 is 1.82 bits per heavy atom. The number of Topliss-reactive ketones (excluding diaryl/α,β-unsaturated/α-hetero) is 1. The monoisotopic (exact) mass is 624 g/mol. The van der Waals surface area contributed by atoms with Gasteiger partial charge < -0.3 is 19.7 Å². The normalized spacial score (nSPS) is 30.7. The molecule has 4 rings (SSSR count). The van der Waals surface area contributed by atoms with Crippen LogP contribution in [0.15, 0.2) is 46.3 Å². The number of rotatable bonds is 5. The van der Waals surface area contributed by atoms with E-state index in [0.29, 0.717) is 18.7 Å². The molecule has 1 aromatic carbocycles. The number of ketones is 1. The van der Waals surface area contributed by atoms with Gasteiger partial charge in [0.25, 0.3) is 0 Å². The van der Waals surface area contributed by atoms with Crippen molar-refractivity contribution >= 4 is 35.1 Å². The molecule has 1 aromatic heterocycles. The van der Waals surface area contributed by atoms with Crippen molar-refractivity contribution in [2.24, 2.45) is 22.2 Å². The van der Waals surface area contributed by atoms with Crippen molar-refractivity contribution in [2.45, 2.75) is 117 Å². The van der Waals surface area contributed by atoms with E-state index in [1.807, 2.05) is 50.4 Å². The Morgan fingerprint density at radius 3 is 2.50 bits per heavy atom. The molecule has 2 aromatic rings. The van der Waals surface area contributed by atoms with Crippen molar-refractivity contribution < 1.29 is 29.3 Å². The first-order valence-electron chi connectivity index (χ1n) is 15.8. The predicted molar refractivity (Wildman–Crippen MR) is 173 cm³/mol. The molecule has 9 heteroatoms. The topological polar surface area (TPSA) is 118 Å². The van der Waals surface area contributed by atoms with E-state index in [4.69, 9.17) is 14.5 Å². The van der Waals surface area contributed by atoms with Gasteiger partial charge in [-0.15, -0.1) is 11.3 Å². The summed E-state index contributed by atoms with van der Waals surface area (Å²) in [4.78, 5) is 36.3. The first-order chi connectivity index (χ1) is 20.8. The quantitative estimate of drug-likeness (QED) is 0.385. The van der Waals surface area contributed by atoms with Crippen molar-refractivity contribution in [1.82, 2.24) is 4.98 Å². The van der Waals surface area contributed by atoms with Crippen LogP contribution in [-0.2, 0) is 25.5 Å². The molecule has 0 saturated carbocycles. The van der Waals surface area contributed by atoms with E-state index in [-0.39, 0.29) is 30.3 Å². The maximum atomic E-state index is 13.4. The summed E-state index contributed by atoms with van der Waals surface area (Å²) in [6.45, 7) is 10.8. The smallest absolute Gasteiger partial charge is 0.309 e. The molecule has 0 amide bonds. The highest BCUT2D eigenvalue weighted by atomic mass is 32.1. The van der Waals surface area contributed by atoms with E-state index in [9.17, 15) is 19.8 Å². The van der Waals surface area contributed by atoms with E-state index < -0.39 is 35.6 Å². The van der Waals surface area contributed by atoms with E-state index in [2.05, 4.69) is 17.1 Å². The van der Waals surface area contributed by atoms with Crippen LogP contribution in [0.25, 0.3) is 6.08 Å². The molecule has 1 unspecified atom stereocenters. The number of carbonyl (C=O) groups is 2. The number of thiazole rings is 1. The van der Waals surface area contributed by atoms with Crippen LogP contribution in [0.3, 0.4) is 0 Å². The van der Waals surface area contributed by atoms with Crippen LogP contribution in [0, 0.1) is 24.2 Å². The molecular weight excluding hydrogens is 576 g/mol. The van der Waals surface area contributed by atoms with Crippen LogP contribution < -0.4 is 0 Å². The van der Waals surface area contributed by atoms with Gasteiger partial charge >= 0.3 is 5.97 Å². The Labute approximate surface area is 265 Å². The first kappa shape index (κ1) is 34.0.